The van der Waals surface area contributed by atoms with Gasteiger partial charge in [0, 0.05) is 11.1 Å². The molecule has 3 N–H and O–H groups in total. The van der Waals surface area contributed by atoms with E-state index in [4.69, 9.17) is 20.3 Å². The average Bonchev–Trinajstić information content (AvgIpc) is 2.51. The monoisotopic (exact) mass is 379 g/mol. The summed E-state index contributed by atoms with van der Waals surface area (Å²) in [5.74, 6) is -0.960. The van der Waals surface area contributed by atoms with E-state index in [1.807, 2.05) is 53.7 Å². The number of esters is 1. The number of ether oxygens (including phenoxy) is 2. The Morgan fingerprint density at radius 3 is 1.85 bits per heavy atom. The summed E-state index contributed by atoms with van der Waals surface area (Å²) in [5.41, 5.74) is 6.76. The van der Waals surface area contributed by atoms with Crippen molar-refractivity contribution in [3.05, 3.63) is 23.3 Å². The van der Waals surface area contributed by atoms with Crippen LogP contribution in [0.25, 0.3) is 0 Å². The molecule has 0 aliphatic carbocycles. The molecule has 0 saturated carbocycles. The first-order valence-corrected chi connectivity index (χ1v) is 9.10. The highest BCUT2D eigenvalue weighted by Gasteiger charge is 2.31. The molecule has 0 bridgehead atoms. The van der Waals surface area contributed by atoms with E-state index in [2.05, 4.69) is 0 Å². The minimum absolute atomic E-state index is 0.0767. The van der Waals surface area contributed by atoms with Crippen molar-refractivity contribution in [2.45, 2.75) is 71.8 Å². The van der Waals surface area contributed by atoms with Crippen molar-refractivity contribution in [2.75, 3.05) is 7.11 Å². The third-order valence-corrected chi connectivity index (χ3v) is 4.52. The first kappa shape index (κ1) is 23.0. The molecule has 0 amide bonds. The molecule has 0 fully saturated rings. The molecule has 0 saturated heterocycles. The van der Waals surface area contributed by atoms with Gasteiger partial charge >= 0.3 is 11.9 Å². The van der Waals surface area contributed by atoms with E-state index in [1.54, 1.807) is 14.0 Å². The SMILES string of the molecule is COc1cc(C(C)(C)C)c(OC(=O)C[C@H](C)[C@H](N)C(=O)O)c(C(C)(C)C)c1. The standard InChI is InChI=1S/C21H33NO5/c1-12(17(22)19(24)25)9-16(23)27-18-14(20(2,3)4)10-13(26-8)11-15(18)21(5,6)7/h10-12,17H,9,22H2,1-8H3,(H,24,25)/t12-,17-/m0/s1. The van der Waals surface area contributed by atoms with Gasteiger partial charge in [0.15, 0.2) is 0 Å². The van der Waals surface area contributed by atoms with Crippen LogP contribution in [0.4, 0.5) is 0 Å². The van der Waals surface area contributed by atoms with E-state index < -0.39 is 23.9 Å². The molecule has 0 spiro atoms. The van der Waals surface area contributed by atoms with E-state index in [-0.39, 0.29) is 17.3 Å². The highest BCUT2D eigenvalue weighted by molar-refractivity contribution is 5.77. The van der Waals surface area contributed by atoms with Crippen LogP contribution >= 0.6 is 0 Å². The molecule has 1 rings (SSSR count). The van der Waals surface area contributed by atoms with Crippen molar-refractivity contribution in [2.24, 2.45) is 11.7 Å². The topological polar surface area (TPSA) is 98.9 Å². The summed E-state index contributed by atoms with van der Waals surface area (Å²) in [7, 11) is 1.61. The summed E-state index contributed by atoms with van der Waals surface area (Å²) < 4.78 is 11.2. The normalized spacial score (nSPS) is 14.4. The predicted molar refractivity (Wildman–Crippen MR) is 105 cm³/mol. The van der Waals surface area contributed by atoms with Crippen LogP contribution in [-0.4, -0.2) is 30.2 Å². The second-order valence-electron chi connectivity index (χ2n) is 9.07. The Labute approximate surface area is 162 Å². The number of nitrogens with two attached hydrogens (primary N) is 1. The van der Waals surface area contributed by atoms with Crippen molar-refractivity contribution in [1.29, 1.82) is 0 Å². The van der Waals surface area contributed by atoms with E-state index in [9.17, 15) is 9.59 Å². The fourth-order valence-electron chi connectivity index (χ4n) is 2.73. The number of hydrogen-bond acceptors (Lipinski definition) is 5. The zero-order valence-electron chi connectivity index (χ0n) is 17.7. The zero-order valence-corrected chi connectivity index (χ0v) is 17.7. The van der Waals surface area contributed by atoms with Gasteiger partial charge in [-0.1, -0.05) is 48.5 Å². The van der Waals surface area contributed by atoms with Gasteiger partial charge in [-0.3, -0.25) is 9.59 Å². The fraction of sp³-hybridized carbons (Fsp3) is 0.619. The van der Waals surface area contributed by atoms with Gasteiger partial charge in [0.1, 0.15) is 17.5 Å². The third-order valence-electron chi connectivity index (χ3n) is 4.52. The highest BCUT2D eigenvalue weighted by Crippen LogP contribution is 2.42. The molecule has 6 nitrogen and oxygen atoms in total. The second kappa shape index (κ2) is 8.30. The lowest BCUT2D eigenvalue weighted by atomic mass is 9.79. The molecular weight excluding hydrogens is 346 g/mol. The van der Waals surface area contributed by atoms with Crippen molar-refractivity contribution in [3.63, 3.8) is 0 Å². The Morgan fingerprint density at radius 1 is 1.07 bits per heavy atom. The number of carboxylic acids is 1. The number of rotatable bonds is 6. The van der Waals surface area contributed by atoms with E-state index in [0.717, 1.165) is 11.1 Å². The first-order valence-electron chi connectivity index (χ1n) is 9.10. The summed E-state index contributed by atoms with van der Waals surface area (Å²) in [6.07, 6.45) is -0.0767. The van der Waals surface area contributed by atoms with Crippen molar-refractivity contribution < 1.29 is 24.2 Å². The summed E-state index contributed by atoms with van der Waals surface area (Å²) in [6.45, 7) is 13.8. The van der Waals surface area contributed by atoms with E-state index in [0.29, 0.717) is 11.5 Å². The molecule has 0 unspecified atom stereocenters. The molecule has 0 heterocycles. The van der Waals surface area contributed by atoms with Gasteiger partial charge in [-0.05, 0) is 28.9 Å². The number of methoxy groups -OCH3 is 1. The average molecular weight is 379 g/mol. The first-order chi connectivity index (χ1) is 12.2. The number of carbonyl (C=O) groups excluding carboxylic acids is 1. The summed E-state index contributed by atoms with van der Waals surface area (Å²) in [4.78, 5) is 23.6. The number of benzene rings is 1. The number of carboxylic acid groups (broad SMARTS) is 1. The van der Waals surface area contributed by atoms with Crippen molar-refractivity contribution in [3.8, 4) is 11.5 Å². The Balaban J connectivity index is 3.36. The molecule has 0 radical (unpaired) electrons. The Kier molecular flexibility index (Phi) is 7.05. The van der Waals surface area contributed by atoms with Gasteiger partial charge in [-0.25, -0.2) is 0 Å². The largest absolute Gasteiger partial charge is 0.497 e. The summed E-state index contributed by atoms with van der Waals surface area (Å²) in [5, 5.41) is 9.02. The van der Waals surface area contributed by atoms with E-state index >= 15 is 0 Å². The lowest BCUT2D eigenvalue weighted by molar-refractivity contribution is -0.141. The third kappa shape index (κ3) is 5.96. The molecule has 0 aliphatic rings. The lowest BCUT2D eigenvalue weighted by Crippen LogP contribution is -2.38. The maximum atomic E-state index is 12.6. The number of hydrogen-bond donors (Lipinski definition) is 2. The molecule has 1 aromatic carbocycles. The van der Waals surface area contributed by atoms with E-state index in [1.165, 1.54) is 0 Å². The minimum atomic E-state index is -1.13. The van der Waals surface area contributed by atoms with Crippen LogP contribution in [-0.2, 0) is 20.4 Å². The summed E-state index contributed by atoms with van der Waals surface area (Å²) >= 11 is 0. The number of carbonyl (C=O) groups is 2. The Morgan fingerprint density at radius 2 is 1.52 bits per heavy atom. The van der Waals surface area contributed by atoms with Crippen LogP contribution in [0, 0.1) is 5.92 Å². The molecule has 0 aliphatic heterocycles. The second-order valence-corrected chi connectivity index (χ2v) is 9.07. The quantitative estimate of drug-likeness (QED) is 0.578. The zero-order chi connectivity index (χ0) is 21.2. The van der Waals surface area contributed by atoms with Gasteiger partial charge < -0.3 is 20.3 Å². The molecule has 152 valence electrons. The van der Waals surface area contributed by atoms with Crippen LogP contribution in [0.2, 0.25) is 0 Å². The maximum absolute atomic E-state index is 12.6. The van der Waals surface area contributed by atoms with Crippen LogP contribution in [0.3, 0.4) is 0 Å². The molecule has 0 aromatic heterocycles. The highest BCUT2D eigenvalue weighted by atomic mass is 16.5. The van der Waals surface area contributed by atoms with Gasteiger partial charge in [-0.2, -0.15) is 0 Å². The lowest BCUT2D eigenvalue weighted by Gasteiger charge is -2.30. The van der Waals surface area contributed by atoms with Crippen LogP contribution in [0.5, 0.6) is 11.5 Å². The molecule has 1 aromatic rings. The summed E-state index contributed by atoms with van der Waals surface area (Å²) in [6, 6.07) is 2.65. The van der Waals surface area contributed by atoms with Crippen molar-refractivity contribution in [1.82, 2.24) is 0 Å². The fourth-order valence-corrected chi connectivity index (χ4v) is 2.73. The van der Waals surface area contributed by atoms with Gasteiger partial charge in [0.2, 0.25) is 0 Å². The van der Waals surface area contributed by atoms with Crippen LogP contribution < -0.4 is 15.2 Å². The predicted octanol–water partition coefficient (Wildman–Crippen LogP) is 3.63. The van der Waals surface area contributed by atoms with Crippen LogP contribution in [0.1, 0.15) is 66.0 Å². The Hall–Kier alpha value is -2.08. The molecule has 2 atom stereocenters. The maximum Gasteiger partial charge on any atom is 0.320 e. The Bertz CT molecular complexity index is 662. The smallest absolute Gasteiger partial charge is 0.320 e. The molecule has 6 heteroatoms. The van der Waals surface area contributed by atoms with Gasteiger partial charge in [0.05, 0.1) is 13.5 Å². The minimum Gasteiger partial charge on any atom is -0.497 e. The molecular formula is C21H33NO5. The van der Waals surface area contributed by atoms with Gasteiger partial charge in [0.25, 0.3) is 0 Å². The molecule has 27 heavy (non-hydrogen) atoms. The van der Waals surface area contributed by atoms with Gasteiger partial charge in [-0.15, -0.1) is 0 Å². The number of aliphatic carboxylic acids is 1. The van der Waals surface area contributed by atoms with Crippen molar-refractivity contribution >= 4 is 11.9 Å². The van der Waals surface area contributed by atoms with Crippen LogP contribution in [0.15, 0.2) is 12.1 Å².